The van der Waals surface area contributed by atoms with Gasteiger partial charge in [0.2, 0.25) is 0 Å². The van der Waals surface area contributed by atoms with Gasteiger partial charge in [-0.15, -0.1) is 5.10 Å². The van der Waals surface area contributed by atoms with E-state index in [1.807, 2.05) is 4.68 Å². The quantitative estimate of drug-likeness (QED) is 0.621. The molecular weight excluding hydrogens is 398 g/mol. The fourth-order valence-electron chi connectivity index (χ4n) is 7.51. The summed E-state index contributed by atoms with van der Waals surface area (Å²) in [6, 6.07) is 6.67. The van der Waals surface area contributed by atoms with Crippen molar-refractivity contribution in [2.45, 2.75) is 83.1 Å². The van der Waals surface area contributed by atoms with Gasteiger partial charge in [-0.2, -0.15) is 0 Å². The molecule has 1 heterocycles. The molecule has 0 unspecified atom stereocenters. The van der Waals surface area contributed by atoms with Gasteiger partial charge in [-0.25, -0.2) is 0 Å². The van der Waals surface area contributed by atoms with Crippen LogP contribution in [0.5, 0.6) is 5.75 Å². The first kappa shape index (κ1) is 20.4. The summed E-state index contributed by atoms with van der Waals surface area (Å²) in [7, 11) is 1.75. The van der Waals surface area contributed by atoms with Gasteiger partial charge in [0.15, 0.2) is 0 Å². The van der Waals surface area contributed by atoms with Crippen molar-refractivity contribution in [1.29, 1.82) is 0 Å². The van der Waals surface area contributed by atoms with Crippen molar-refractivity contribution in [2.24, 2.45) is 23.2 Å². The van der Waals surface area contributed by atoms with E-state index in [1.54, 1.807) is 7.11 Å². The van der Waals surface area contributed by atoms with Gasteiger partial charge in [-0.1, -0.05) is 18.2 Å². The van der Waals surface area contributed by atoms with Crippen molar-refractivity contribution in [3.05, 3.63) is 41.2 Å². The molecule has 1 aromatic carbocycles. The Morgan fingerprint density at radius 3 is 2.91 bits per heavy atom. The Morgan fingerprint density at radius 2 is 2.09 bits per heavy atom. The first-order valence-corrected chi connectivity index (χ1v) is 12.7. The Balaban J connectivity index is 1.19. The molecule has 1 aromatic heterocycles. The molecule has 5 nitrogen and oxygen atoms in total. The zero-order valence-electron chi connectivity index (χ0n) is 19.4. The summed E-state index contributed by atoms with van der Waals surface area (Å²) in [4.78, 5) is 13.2. The molecule has 0 aliphatic heterocycles. The van der Waals surface area contributed by atoms with E-state index in [0.717, 1.165) is 50.8 Å². The van der Waals surface area contributed by atoms with Crippen LogP contribution in [0.2, 0.25) is 0 Å². The van der Waals surface area contributed by atoms with Gasteiger partial charge >= 0.3 is 0 Å². The molecule has 3 fully saturated rings. The van der Waals surface area contributed by atoms with Crippen LogP contribution in [0.4, 0.5) is 0 Å². The molecule has 0 saturated heterocycles. The maximum atomic E-state index is 13.2. The van der Waals surface area contributed by atoms with Crippen LogP contribution in [0.3, 0.4) is 0 Å². The van der Waals surface area contributed by atoms with Gasteiger partial charge in [0.25, 0.3) is 0 Å². The number of aryl methyl sites for hydroxylation is 2. The fraction of sp³-hybridized carbons (Fsp3) is 0.667. The van der Waals surface area contributed by atoms with Gasteiger partial charge in [-0.05, 0) is 98.3 Å². The number of aromatic nitrogens is 3. The monoisotopic (exact) mass is 433 g/mol. The average Bonchev–Trinajstić information content (AvgIpc) is 3.49. The Kier molecular flexibility index (Phi) is 4.92. The SMILES string of the molecule is COc1ccc2c(c1)CC[C@H]1[C@@H]3[C@H](CCCn4cc(C5CC5)nn4)CC(=O)[C@@]3(C)CC[C@H]21. The summed E-state index contributed by atoms with van der Waals surface area (Å²) >= 11 is 0. The topological polar surface area (TPSA) is 57.0 Å². The highest BCUT2D eigenvalue weighted by Gasteiger charge is 2.58. The number of fused-ring (bicyclic) bond motifs is 5. The van der Waals surface area contributed by atoms with Crippen molar-refractivity contribution in [3.63, 3.8) is 0 Å². The third-order valence-corrected chi connectivity index (χ3v) is 9.29. The molecule has 6 rings (SSSR count). The smallest absolute Gasteiger partial charge is 0.139 e. The molecule has 0 spiro atoms. The van der Waals surface area contributed by atoms with Crippen molar-refractivity contribution in [2.75, 3.05) is 7.11 Å². The molecular formula is C27H35N3O2. The van der Waals surface area contributed by atoms with Gasteiger partial charge in [0.1, 0.15) is 11.5 Å². The summed E-state index contributed by atoms with van der Waals surface area (Å²) in [5.74, 6) is 4.45. The van der Waals surface area contributed by atoms with Gasteiger partial charge in [0, 0.05) is 30.5 Å². The van der Waals surface area contributed by atoms with Crippen molar-refractivity contribution in [1.82, 2.24) is 15.0 Å². The minimum atomic E-state index is -0.109. The Labute approximate surface area is 190 Å². The zero-order valence-corrected chi connectivity index (χ0v) is 19.4. The van der Waals surface area contributed by atoms with E-state index in [2.05, 4.69) is 41.6 Å². The lowest BCUT2D eigenvalue weighted by atomic mass is 9.54. The maximum absolute atomic E-state index is 13.2. The molecule has 0 amide bonds. The predicted octanol–water partition coefficient (Wildman–Crippen LogP) is 5.30. The maximum Gasteiger partial charge on any atom is 0.139 e. The van der Waals surface area contributed by atoms with Crippen molar-refractivity contribution in [3.8, 4) is 5.75 Å². The highest BCUT2D eigenvalue weighted by molar-refractivity contribution is 5.87. The van der Waals surface area contributed by atoms with Gasteiger partial charge in [0.05, 0.1) is 12.8 Å². The molecule has 4 aliphatic rings. The summed E-state index contributed by atoms with van der Waals surface area (Å²) in [6.45, 7) is 3.21. The zero-order chi connectivity index (χ0) is 21.9. The van der Waals surface area contributed by atoms with E-state index in [0.29, 0.717) is 35.4 Å². The molecule has 5 heteroatoms. The summed E-state index contributed by atoms with van der Waals surface area (Å²) < 4.78 is 7.50. The number of ether oxygens (including phenoxy) is 1. The molecule has 0 radical (unpaired) electrons. The summed E-state index contributed by atoms with van der Waals surface area (Å²) in [5, 5.41) is 8.70. The fourth-order valence-corrected chi connectivity index (χ4v) is 7.51. The molecule has 170 valence electrons. The number of rotatable bonds is 6. The minimum Gasteiger partial charge on any atom is -0.497 e. The largest absolute Gasteiger partial charge is 0.497 e. The third-order valence-electron chi connectivity index (χ3n) is 9.29. The first-order valence-electron chi connectivity index (χ1n) is 12.7. The van der Waals surface area contributed by atoms with Crippen LogP contribution < -0.4 is 4.74 Å². The van der Waals surface area contributed by atoms with Gasteiger partial charge < -0.3 is 4.74 Å². The van der Waals surface area contributed by atoms with Crippen LogP contribution in [-0.4, -0.2) is 27.9 Å². The number of methoxy groups -OCH3 is 1. The Morgan fingerprint density at radius 1 is 1.22 bits per heavy atom. The third kappa shape index (κ3) is 3.31. The number of nitrogens with zero attached hydrogens (tertiary/aromatic N) is 3. The van der Waals surface area contributed by atoms with Crippen LogP contribution in [0, 0.1) is 23.2 Å². The standard InChI is InChI=1S/C27H35N3O2/c1-27-12-11-22-21-10-8-20(32-2)14-18(21)7-9-23(22)26(27)19(15-25(27)31)4-3-13-30-16-24(28-29-30)17-5-6-17/h8,10,14,16-17,19,22-23,26H,3-7,9,11-13,15H2,1-2H3/t19-,22-,23-,26+,27-/m1/s1. The Bertz CT molecular complexity index is 1030. The molecule has 5 atom stereocenters. The lowest BCUT2D eigenvalue weighted by Gasteiger charge is -2.50. The number of carbonyl (C=O) groups is 1. The summed E-state index contributed by atoms with van der Waals surface area (Å²) in [5.41, 5.74) is 4.05. The highest BCUT2D eigenvalue weighted by Crippen LogP contribution is 2.62. The number of carbonyl (C=O) groups excluding carboxylic acids is 1. The normalized spacial score (nSPS) is 33.5. The van der Waals surface area contributed by atoms with E-state index < -0.39 is 0 Å². The molecule has 0 N–H and O–H groups in total. The Hall–Kier alpha value is -2.17. The second-order valence-corrected chi connectivity index (χ2v) is 11.1. The second-order valence-electron chi connectivity index (χ2n) is 11.1. The van der Waals surface area contributed by atoms with Crippen LogP contribution >= 0.6 is 0 Å². The van der Waals surface area contributed by atoms with Crippen LogP contribution in [-0.2, 0) is 17.8 Å². The highest BCUT2D eigenvalue weighted by atomic mass is 16.5. The van der Waals surface area contributed by atoms with E-state index >= 15 is 0 Å². The predicted molar refractivity (Wildman–Crippen MR) is 123 cm³/mol. The van der Waals surface area contributed by atoms with E-state index in [-0.39, 0.29) is 5.41 Å². The summed E-state index contributed by atoms with van der Waals surface area (Å²) in [6.07, 6.45) is 12.2. The molecule has 0 bridgehead atoms. The van der Waals surface area contributed by atoms with Crippen LogP contribution in [0.15, 0.2) is 24.4 Å². The van der Waals surface area contributed by atoms with Crippen LogP contribution in [0.1, 0.15) is 86.9 Å². The number of benzene rings is 1. The lowest BCUT2D eigenvalue weighted by Crippen LogP contribution is -2.44. The van der Waals surface area contributed by atoms with Gasteiger partial charge in [-0.3, -0.25) is 9.48 Å². The number of Topliss-reactive ketones (excluding diaryl/α,β-unsaturated/α-hetero) is 1. The van der Waals surface area contributed by atoms with Crippen molar-refractivity contribution >= 4 is 5.78 Å². The molecule has 32 heavy (non-hydrogen) atoms. The first-order chi connectivity index (χ1) is 15.6. The number of hydrogen-bond donors (Lipinski definition) is 0. The van der Waals surface area contributed by atoms with Crippen LogP contribution in [0.25, 0.3) is 0 Å². The molecule has 3 saturated carbocycles. The van der Waals surface area contributed by atoms with E-state index in [9.17, 15) is 4.79 Å². The van der Waals surface area contributed by atoms with E-state index in [4.69, 9.17) is 4.74 Å². The number of hydrogen-bond acceptors (Lipinski definition) is 4. The second kappa shape index (κ2) is 7.71. The van der Waals surface area contributed by atoms with Crippen molar-refractivity contribution < 1.29 is 9.53 Å². The number of ketones is 1. The molecule has 4 aliphatic carbocycles. The minimum absolute atomic E-state index is 0.109. The van der Waals surface area contributed by atoms with E-state index in [1.165, 1.54) is 36.1 Å². The molecule has 2 aromatic rings. The lowest BCUT2D eigenvalue weighted by molar-refractivity contribution is -0.129. The average molecular weight is 434 g/mol.